The van der Waals surface area contributed by atoms with Gasteiger partial charge in [-0.3, -0.25) is 15.4 Å². The normalized spacial score (nSPS) is 12.2. The molecule has 0 aliphatic rings. The average Bonchev–Trinajstić information content (AvgIpc) is 2.63. The Bertz CT molecular complexity index is 610. The predicted molar refractivity (Wildman–Crippen MR) is 109 cm³/mol. The lowest BCUT2D eigenvalue weighted by Crippen LogP contribution is -2.24. The van der Waals surface area contributed by atoms with Gasteiger partial charge in [0.25, 0.3) is 0 Å². The molecule has 0 atom stereocenters. The summed E-state index contributed by atoms with van der Waals surface area (Å²) in [5.41, 5.74) is 3.96. The van der Waals surface area contributed by atoms with E-state index in [1.165, 1.54) is 0 Å². The molecule has 0 bridgehead atoms. The van der Waals surface area contributed by atoms with Gasteiger partial charge in [0.15, 0.2) is 0 Å². The Morgan fingerprint density at radius 2 is 1.76 bits per heavy atom. The first kappa shape index (κ1) is 20.9. The van der Waals surface area contributed by atoms with Gasteiger partial charge in [-0.25, -0.2) is 0 Å². The highest BCUT2D eigenvalue weighted by Gasteiger charge is 2.13. The second-order valence-corrected chi connectivity index (χ2v) is 5.76. The quantitative estimate of drug-likeness (QED) is 0.653. The molecule has 138 valence electrons. The van der Waals surface area contributed by atoms with Crippen molar-refractivity contribution in [2.45, 2.75) is 41.5 Å². The largest absolute Gasteiger partial charge is 0.376 e. The van der Waals surface area contributed by atoms with Crippen LogP contribution in [0, 0.1) is 5.41 Å². The van der Waals surface area contributed by atoms with E-state index in [4.69, 9.17) is 5.41 Å². The lowest BCUT2D eigenvalue weighted by atomic mass is 10.1. The molecule has 25 heavy (non-hydrogen) atoms. The van der Waals surface area contributed by atoms with Crippen LogP contribution in [0.1, 0.15) is 47.2 Å². The number of nitrogens with one attached hydrogen (secondary N) is 1. The highest BCUT2D eigenvalue weighted by Crippen LogP contribution is 2.15. The van der Waals surface area contributed by atoms with Crippen molar-refractivity contribution >= 4 is 17.1 Å². The van der Waals surface area contributed by atoms with Gasteiger partial charge in [0, 0.05) is 50.3 Å². The SMILES string of the molecule is CCN=C(/C=C(\C)N(CC)CC)C(=N)c1cc(N(CC)CC)ccn1. The van der Waals surface area contributed by atoms with Crippen LogP contribution in [0.25, 0.3) is 0 Å². The maximum Gasteiger partial charge on any atom is 0.105 e. The monoisotopic (exact) mass is 343 g/mol. The summed E-state index contributed by atoms with van der Waals surface area (Å²) in [5, 5.41) is 8.62. The van der Waals surface area contributed by atoms with Crippen LogP contribution >= 0.6 is 0 Å². The van der Waals surface area contributed by atoms with Crippen LogP contribution in [0.3, 0.4) is 0 Å². The van der Waals surface area contributed by atoms with Gasteiger partial charge in [-0.15, -0.1) is 0 Å². The molecule has 0 saturated carbocycles. The Kier molecular flexibility index (Phi) is 8.89. The maximum atomic E-state index is 8.62. The Hall–Kier alpha value is -2.17. The van der Waals surface area contributed by atoms with Crippen LogP contribution in [0.4, 0.5) is 5.69 Å². The van der Waals surface area contributed by atoms with Crippen molar-refractivity contribution < 1.29 is 0 Å². The predicted octanol–water partition coefficient (Wildman–Crippen LogP) is 4.00. The highest BCUT2D eigenvalue weighted by atomic mass is 15.1. The number of hydrogen-bond acceptors (Lipinski definition) is 5. The molecule has 0 aliphatic carbocycles. The van der Waals surface area contributed by atoms with Crippen LogP contribution in [-0.2, 0) is 0 Å². The van der Waals surface area contributed by atoms with Gasteiger partial charge in [0.1, 0.15) is 5.71 Å². The van der Waals surface area contributed by atoms with Crippen LogP contribution in [0.15, 0.2) is 35.1 Å². The van der Waals surface area contributed by atoms with Crippen molar-refractivity contribution in [3.63, 3.8) is 0 Å². The van der Waals surface area contributed by atoms with E-state index in [9.17, 15) is 0 Å². The zero-order chi connectivity index (χ0) is 18.8. The number of aromatic nitrogens is 1. The molecule has 0 radical (unpaired) electrons. The van der Waals surface area contributed by atoms with Crippen molar-refractivity contribution in [1.29, 1.82) is 5.41 Å². The minimum atomic E-state index is 0.377. The molecule has 1 rings (SSSR count). The summed E-state index contributed by atoms with van der Waals surface area (Å²) in [6, 6.07) is 3.98. The van der Waals surface area contributed by atoms with Crippen molar-refractivity contribution in [1.82, 2.24) is 9.88 Å². The Morgan fingerprint density at radius 3 is 2.28 bits per heavy atom. The molecule has 0 unspecified atom stereocenters. The Morgan fingerprint density at radius 1 is 1.12 bits per heavy atom. The minimum Gasteiger partial charge on any atom is -0.376 e. The lowest BCUT2D eigenvalue weighted by Gasteiger charge is -2.22. The van der Waals surface area contributed by atoms with Crippen LogP contribution < -0.4 is 4.90 Å². The molecule has 1 heterocycles. The van der Waals surface area contributed by atoms with E-state index < -0.39 is 0 Å². The number of nitrogens with zero attached hydrogens (tertiary/aromatic N) is 4. The Balaban J connectivity index is 3.18. The summed E-state index contributed by atoms with van der Waals surface area (Å²) < 4.78 is 0. The molecule has 1 N–H and O–H groups in total. The van der Waals surface area contributed by atoms with E-state index in [0.29, 0.717) is 23.7 Å². The molecule has 1 aromatic rings. The summed E-state index contributed by atoms with van der Waals surface area (Å²) in [4.78, 5) is 13.5. The molecule has 0 aliphatic heterocycles. The molecule has 0 fully saturated rings. The number of pyridine rings is 1. The summed E-state index contributed by atoms with van der Waals surface area (Å²) in [6.45, 7) is 17.0. The molecule has 0 saturated heterocycles. The third-order valence-corrected chi connectivity index (χ3v) is 4.32. The number of anilines is 1. The van der Waals surface area contributed by atoms with Gasteiger partial charge in [0.2, 0.25) is 0 Å². The molecule has 0 amide bonds. The molecule has 5 heteroatoms. The molecule has 1 aromatic heterocycles. The van der Waals surface area contributed by atoms with Crippen molar-refractivity contribution in [2.75, 3.05) is 37.6 Å². The fourth-order valence-corrected chi connectivity index (χ4v) is 2.85. The number of aliphatic imine (C=N–C) groups is 1. The van der Waals surface area contributed by atoms with Gasteiger partial charge in [-0.2, -0.15) is 0 Å². The minimum absolute atomic E-state index is 0.377. The topological polar surface area (TPSA) is 55.6 Å². The van der Waals surface area contributed by atoms with Gasteiger partial charge in [-0.05, 0) is 59.8 Å². The fraction of sp³-hybridized carbons (Fsp3) is 0.550. The van der Waals surface area contributed by atoms with E-state index in [1.54, 1.807) is 6.20 Å². The second kappa shape index (κ2) is 10.6. The standard InChI is InChI=1S/C20H33N5/c1-7-22-18(14-16(6)24(8-2)9-3)20(21)19-15-17(12-13-23-19)25(10-4)11-5/h12-15,21H,7-11H2,1-6H3/b16-14+,21-20?,22-18?. The number of hydrogen-bond donors (Lipinski definition) is 1. The number of allylic oxidation sites excluding steroid dienone is 2. The van der Waals surface area contributed by atoms with Gasteiger partial charge in [-0.1, -0.05) is 0 Å². The van der Waals surface area contributed by atoms with Gasteiger partial charge >= 0.3 is 0 Å². The van der Waals surface area contributed by atoms with Gasteiger partial charge < -0.3 is 9.80 Å². The van der Waals surface area contributed by atoms with E-state index in [0.717, 1.165) is 37.6 Å². The molecular formula is C20H33N5. The summed E-state index contributed by atoms with van der Waals surface area (Å²) in [5.74, 6) is 0. The van der Waals surface area contributed by atoms with Crippen molar-refractivity contribution in [3.8, 4) is 0 Å². The van der Waals surface area contributed by atoms with Crippen LogP contribution in [-0.4, -0.2) is 54.0 Å². The highest BCUT2D eigenvalue weighted by molar-refractivity contribution is 6.50. The second-order valence-electron chi connectivity index (χ2n) is 5.76. The van der Waals surface area contributed by atoms with Crippen LogP contribution in [0.5, 0.6) is 0 Å². The summed E-state index contributed by atoms with van der Waals surface area (Å²) in [6.07, 6.45) is 3.78. The summed E-state index contributed by atoms with van der Waals surface area (Å²) in [7, 11) is 0. The first-order valence-electron chi connectivity index (χ1n) is 9.30. The van der Waals surface area contributed by atoms with E-state index in [-0.39, 0.29) is 0 Å². The molecule has 5 nitrogen and oxygen atoms in total. The van der Waals surface area contributed by atoms with Crippen molar-refractivity contribution in [2.24, 2.45) is 4.99 Å². The average molecular weight is 344 g/mol. The lowest BCUT2D eigenvalue weighted by molar-refractivity contribution is 0.384. The van der Waals surface area contributed by atoms with Crippen LogP contribution in [0.2, 0.25) is 0 Å². The maximum absolute atomic E-state index is 8.62. The Labute approximate surface area is 153 Å². The van der Waals surface area contributed by atoms with E-state index >= 15 is 0 Å². The smallest absolute Gasteiger partial charge is 0.105 e. The third-order valence-electron chi connectivity index (χ3n) is 4.32. The first-order chi connectivity index (χ1) is 12.0. The number of rotatable bonds is 10. The summed E-state index contributed by atoms with van der Waals surface area (Å²) >= 11 is 0. The zero-order valence-electron chi connectivity index (χ0n) is 16.6. The van der Waals surface area contributed by atoms with Crippen molar-refractivity contribution in [3.05, 3.63) is 35.8 Å². The third kappa shape index (κ3) is 5.69. The molecule has 0 aromatic carbocycles. The molecule has 0 spiro atoms. The molecular weight excluding hydrogens is 310 g/mol. The van der Waals surface area contributed by atoms with E-state index in [2.05, 4.69) is 54.4 Å². The fourth-order valence-electron chi connectivity index (χ4n) is 2.85. The van der Waals surface area contributed by atoms with E-state index in [1.807, 2.05) is 25.1 Å². The first-order valence-corrected chi connectivity index (χ1v) is 9.30. The van der Waals surface area contributed by atoms with Gasteiger partial charge in [0.05, 0.1) is 11.4 Å². The zero-order valence-corrected chi connectivity index (χ0v) is 16.6.